The van der Waals surface area contributed by atoms with Gasteiger partial charge in [0.25, 0.3) is 0 Å². The number of carbonyl (C=O) groups excluding carboxylic acids is 2. The molecule has 0 bridgehead atoms. The molecule has 3 rings (SSSR count). The van der Waals surface area contributed by atoms with Crippen molar-refractivity contribution >= 4 is 23.8 Å². The third-order valence-corrected chi connectivity index (χ3v) is 6.38. The first-order valence-corrected chi connectivity index (χ1v) is 11.5. The number of oxazole rings is 1. The van der Waals surface area contributed by atoms with Gasteiger partial charge < -0.3 is 18.8 Å². The Hall–Kier alpha value is -2.48. The van der Waals surface area contributed by atoms with E-state index in [9.17, 15) is 9.59 Å². The van der Waals surface area contributed by atoms with Crippen LogP contribution in [0, 0.1) is 6.92 Å². The predicted molar refractivity (Wildman–Crippen MR) is 120 cm³/mol. The van der Waals surface area contributed by atoms with Crippen LogP contribution >= 0.6 is 11.8 Å². The van der Waals surface area contributed by atoms with Crippen LogP contribution in [0.1, 0.15) is 55.4 Å². The van der Waals surface area contributed by atoms with Crippen molar-refractivity contribution < 1.29 is 23.5 Å². The Morgan fingerprint density at radius 1 is 1.19 bits per heavy atom. The molecule has 1 aromatic heterocycles. The molecule has 1 amide bonds. The second-order valence-corrected chi connectivity index (χ2v) is 9.86. The molecule has 0 N–H and O–H groups in total. The van der Waals surface area contributed by atoms with Crippen molar-refractivity contribution in [1.82, 2.24) is 9.88 Å². The molecule has 1 saturated heterocycles. The first kappa shape index (κ1) is 23.2. The van der Waals surface area contributed by atoms with Crippen molar-refractivity contribution in [2.24, 2.45) is 0 Å². The number of piperidine rings is 1. The van der Waals surface area contributed by atoms with Crippen molar-refractivity contribution in [3.8, 4) is 11.5 Å². The van der Waals surface area contributed by atoms with Gasteiger partial charge in [0.2, 0.25) is 5.89 Å². The molecule has 2 aromatic rings. The number of nitrogens with zero attached hydrogens (tertiary/aromatic N) is 2. The molecule has 0 saturated carbocycles. The minimum absolute atomic E-state index is 0.230. The maximum Gasteiger partial charge on any atom is 0.410 e. The minimum Gasteiger partial charge on any atom is -0.465 e. The molecule has 1 aromatic carbocycles. The first-order chi connectivity index (χ1) is 14.7. The highest BCUT2D eigenvalue weighted by atomic mass is 32.2. The Morgan fingerprint density at radius 3 is 2.42 bits per heavy atom. The van der Waals surface area contributed by atoms with E-state index in [1.807, 2.05) is 39.5 Å². The van der Waals surface area contributed by atoms with Crippen LogP contribution < -0.4 is 0 Å². The molecule has 0 unspecified atom stereocenters. The average molecular weight is 447 g/mol. The van der Waals surface area contributed by atoms with Crippen molar-refractivity contribution in [2.45, 2.75) is 57.1 Å². The van der Waals surface area contributed by atoms with Gasteiger partial charge in [0, 0.05) is 29.7 Å². The van der Waals surface area contributed by atoms with Gasteiger partial charge in [-0.05, 0) is 64.8 Å². The summed E-state index contributed by atoms with van der Waals surface area (Å²) in [6.07, 6.45) is 1.64. The number of hydrogen-bond acceptors (Lipinski definition) is 7. The zero-order valence-electron chi connectivity index (χ0n) is 18.8. The van der Waals surface area contributed by atoms with Crippen molar-refractivity contribution in [2.75, 3.05) is 20.2 Å². The normalized spacial score (nSPS) is 15.1. The SMILES string of the molecule is COC(=O)c1ccc(-c2nc(CSC3CCN(C(=O)OC(C)(C)C)CC3)c(C)o2)cc1. The topological polar surface area (TPSA) is 81.9 Å². The van der Waals surface area contributed by atoms with E-state index in [4.69, 9.17) is 13.9 Å². The van der Waals surface area contributed by atoms with Gasteiger partial charge in [0.1, 0.15) is 11.4 Å². The molecule has 1 fully saturated rings. The summed E-state index contributed by atoms with van der Waals surface area (Å²) >= 11 is 1.85. The van der Waals surface area contributed by atoms with E-state index >= 15 is 0 Å². The number of likely N-dealkylation sites (tertiary alicyclic amines) is 1. The monoisotopic (exact) mass is 446 g/mol. The lowest BCUT2D eigenvalue weighted by atomic mass is 10.1. The van der Waals surface area contributed by atoms with Gasteiger partial charge in [-0.3, -0.25) is 0 Å². The predicted octanol–water partition coefficient (Wildman–Crippen LogP) is 5.07. The van der Waals surface area contributed by atoms with Gasteiger partial charge >= 0.3 is 12.1 Å². The second-order valence-electron chi connectivity index (χ2n) is 8.57. The molecule has 0 radical (unpaired) electrons. The van der Waals surface area contributed by atoms with Crippen molar-refractivity contribution in [3.05, 3.63) is 41.3 Å². The largest absolute Gasteiger partial charge is 0.465 e. The average Bonchev–Trinajstić information content (AvgIpc) is 3.11. The Kier molecular flexibility index (Phi) is 7.30. The smallest absolute Gasteiger partial charge is 0.410 e. The Morgan fingerprint density at radius 2 is 1.84 bits per heavy atom. The number of thioether (sulfide) groups is 1. The van der Waals surface area contributed by atoms with E-state index in [2.05, 4.69) is 4.98 Å². The van der Waals surface area contributed by atoms with Gasteiger partial charge in [0.05, 0.1) is 18.4 Å². The number of benzene rings is 1. The summed E-state index contributed by atoms with van der Waals surface area (Å²) < 4.78 is 16.0. The molecule has 0 spiro atoms. The van der Waals surface area contributed by atoms with Gasteiger partial charge in [-0.25, -0.2) is 14.6 Å². The molecule has 2 heterocycles. The Balaban J connectivity index is 1.52. The van der Waals surface area contributed by atoms with Crippen LogP contribution in [-0.4, -0.2) is 53.0 Å². The van der Waals surface area contributed by atoms with E-state index < -0.39 is 5.60 Å². The van der Waals surface area contributed by atoms with E-state index in [1.165, 1.54) is 7.11 Å². The highest BCUT2D eigenvalue weighted by Gasteiger charge is 2.27. The fraction of sp³-hybridized carbons (Fsp3) is 0.522. The van der Waals surface area contributed by atoms with Gasteiger partial charge in [0.15, 0.2) is 0 Å². The standard InChI is InChI=1S/C23H30N2O5S/c1-15-19(24-20(29-15)16-6-8-17(9-7-16)21(26)28-5)14-31-18-10-12-25(13-11-18)22(27)30-23(2,3)4/h6-9,18H,10-14H2,1-5H3. The van der Waals surface area contributed by atoms with Gasteiger partial charge in [-0.1, -0.05) is 0 Å². The maximum atomic E-state index is 12.2. The fourth-order valence-electron chi connectivity index (χ4n) is 3.28. The number of hydrogen-bond donors (Lipinski definition) is 0. The summed E-state index contributed by atoms with van der Waals surface area (Å²) in [5, 5.41) is 0.470. The van der Waals surface area contributed by atoms with Crippen LogP contribution in [0.3, 0.4) is 0 Å². The molecule has 0 aliphatic carbocycles. The van der Waals surface area contributed by atoms with E-state index in [-0.39, 0.29) is 12.1 Å². The van der Waals surface area contributed by atoms with Crippen LogP contribution in [-0.2, 0) is 15.2 Å². The van der Waals surface area contributed by atoms with E-state index in [0.29, 0.717) is 29.8 Å². The lowest BCUT2D eigenvalue weighted by Gasteiger charge is -2.33. The lowest BCUT2D eigenvalue weighted by molar-refractivity contribution is 0.0219. The highest BCUT2D eigenvalue weighted by molar-refractivity contribution is 7.99. The third kappa shape index (κ3) is 6.26. The van der Waals surface area contributed by atoms with Crippen LogP contribution in [0.4, 0.5) is 4.79 Å². The highest BCUT2D eigenvalue weighted by Crippen LogP contribution is 2.30. The summed E-state index contributed by atoms with van der Waals surface area (Å²) in [4.78, 5) is 30.2. The third-order valence-electron chi connectivity index (χ3n) is 5.00. The van der Waals surface area contributed by atoms with Crippen LogP contribution in [0.2, 0.25) is 0 Å². The molecule has 8 heteroatoms. The number of esters is 1. The maximum absolute atomic E-state index is 12.2. The first-order valence-electron chi connectivity index (χ1n) is 10.4. The van der Waals surface area contributed by atoms with Crippen molar-refractivity contribution in [3.63, 3.8) is 0 Å². The summed E-state index contributed by atoms with van der Waals surface area (Å²) in [5.41, 5.74) is 1.76. The lowest BCUT2D eigenvalue weighted by Crippen LogP contribution is -2.42. The number of carbonyl (C=O) groups is 2. The van der Waals surface area contributed by atoms with Gasteiger partial charge in [-0.15, -0.1) is 0 Å². The summed E-state index contributed by atoms with van der Waals surface area (Å²) in [6, 6.07) is 7.02. The molecular weight excluding hydrogens is 416 g/mol. The molecule has 7 nitrogen and oxygen atoms in total. The molecule has 0 atom stereocenters. The zero-order chi connectivity index (χ0) is 22.6. The second kappa shape index (κ2) is 9.77. The number of methoxy groups -OCH3 is 1. The van der Waals surface area contributed by atoms with Crippen LogP contribution in [0.25, 0.3) is 11.5 Å². The summed E-state index contributed by atoms with van der Waals surface area (Å²) in [7, 11) is 1.36. The molecule has 1 aliphatic rings. The van der Waals surface area contributed by atoms with E-state index in [0.717, 1.165) is 35.6 Å². The van der Waals surface area contributed by atoms with E-state index in [1.54, 1.807) is 29.2 Å². The number of aryl methyl sites for hydroxylation is 1. The van der Waals surface area contributed by atoms with Crippen LogP contribution in [0.5, 0.6) is 0 Å². The molecule has 31 heavy (non-hydrogen) atoms. The molecular formula is C23H30N2O5S. The molecule has 1 aliphatic heterocycles. The number of rotatable bonds is 5. The fourth-order valence-corrected chi connectivity index (χ4v) is 4.49. The summed E-state index contributed by atoms with van der Waals surface area (Å²) in [5.74, 6) is 1.73. The minimum atomic E-state index is -0.468. The Bertz CT molecular complexity index is 909. The number of amides is 1. The quantitative estimate of drug-likeness (QED) is 0.593. The van der Waals surface area contributed by atoms with Crippen LogP contribution in [0.15, 0.2) is 28.7 Å². The number of aromatic nitrogens is 1. The zero-order valence-corrected chi connectivity index (χ0v) is 19.6. The van der Waals surface area contributed by atoms with Gasteiger partial charge in [-0.2, -0.15) is 11.8 Å². The Labute approximate surface area is 187 Å². The number of ether oxygens (including phenoxy) is 2. The molecule has 168 valence electrons. The van der Waals surface area contributed by atoms with Crippen molar-refractivity contribution in [1.29, 1.82) is 0 Å². The summed E-state index contributed by atoms with van der Waals surface area (Å²) in [6.45, 7) is 8.99.